The van der Waals surface area contributed by atoms with Crippen molar-refractivity contribution >= 4 is 29.5 Å². The number of benzene rings is 1. The molecule has 3 aromatic rings. The molecule has 6 heterocycles. The van der Waals surface area contributed by atoms with Crippen LogP contribution in [0.4, 0.5) is 30.8 Å². The SMILES string of the molecule is CC1CC2CC(C1)C(NC(=O)c1cnc(N3CC4(CC5CCC(C4)O5)c4cc(OC5CCN(c6ncccn6)CC5)ccc43)nc1C(F)(F)F)(C(=O)O)C2. The Kier molecular flexibility index (Phi) is 8.51. The van der Waals surface area contributed by atoms with E-state index in [1.54, 1.807) is 23.4 Å². The quantitative estimate of drug-likeness (QED) is 0.291. The van der Waals surface area contributed by atoms with Crippen LogP contribution in [0, 0.1) is 17.8 Å². The summed E-state index contributed by atoms with van der Waals surface area (Å²) in [5.74, 6) is -1.11. The summed E-state index contributed by atoms with van der Waals surface area (Å²) in [6.07, 6.45) is 6.50. The Bertz CT molecular complexity index is 1930. The summed E-state index contributed by atoms with van der Waals surface area (Å²) >= 11 is 0. The van der Waals surface area contributed by atoms with Crippen molar-refractivity contribution in [2.45, 2.75) is 107 Å². The third-order valence-corrected chi connectivity index (χ3v) is 12.9. The third-order valence-electron chi connectivity index (χ3n) is 12.9. The molecule has 4 aliphatic heterocycles. The molecule has 2 aliphatic carbocycles. The van der Waals surface area contributed by atoms with Gasteiger partial charge >= 0.3 is 12.1 Å². The lowest BCUT2D eigenvalue weighted by Crippen LogP contribution is -2.57. The molecular formula is C39H44F3N7O5. The largest absolute Gasteiger partial charge is 0.490 e. The van der Waals surface area contributed by atoms with Crippen LogP contribution in [0.3, 0.4) is 0 Å². The number of carboxylic acid groups (broad SMARTS) is 1. The zero-order valence-electron chi connectivity index (χ0n) is 30.1. The zero-order valence-corrected chi connectivity index (χ0v) is 30.1. The second-order valence-electron chi connectivity index (χ2n) is 16.5. The molecule has 5 fully saturated rings. The van der Waals surface area contributed by atoms with Crippen molar-refractivity contribution in [2.24, 2.45) is 17.8 Å². The van der Waals surface area contributed by atoms with E-state index in [2.05, 4.69) is 30.2 Å². The number of aliphatic carboxylic acids is 1. The Balaban J connectivity index is 1.01. The Morgan fingerprint density at radius 2 is 1.72 bits per heavy atom. The highest BCUT2D eigenvalue weighted by atomic mass is 19.4. The Morgan fingerprint density at radius 1 is 0.981 bits per heavy atom. The van der Waals surface area contributed by atoms with Gasteiger partial charge in [0, 0.05) is 62.2 Å². The van der Waals surface area contributed by atoms with Crippen molar-refractivity contribution in [3.8, 4) is 5.75 Å². The van der Waals surface area contributed by atoms with E-state index in [9.17, 15) is 27.9 Å². The minimum atomic E-state index is -5.00. The fraction of sp³-hybridized carbons (Fsp3) is 0.590. The molecule has 1 spiro atoms. The number of piperidine rings is 1. The molecule has 9 rings (SSSR count). The highest BCUT2D eigenvalue weighted by Crippen LogP contribution is 2.55. The van der Waals surface area contributed by atoms with Crippen LogP contribution in [0.15, 0.2) is 42.9 Å². The van der Waals surface area contributed by atoms with Gasteiger partial charge in [0.2, 0.25) is 11.9 Å². The van der Waals surface area contributed by atoms with Gasteiger partial charge < -0.3 is 29.7 Å². The van der Waals surface area contributed by atoms with E-state index in [4.69, 9.17) is 9.47 Å². The maximum Gasteiger partial charge on any atom is 0.434 e. The zero-order chi connectivity index (χ0) is 37.4. The monoisotopic (exact) mass is 747 g/mol. The van der Waals surface area contributed by atoms with E-state index in [-0.39, 0.29) is 48.4 Å². The van der Waals surface area contributed by atoms with Crippen molar-refractivity contribution in [1.82, 2.24) is 25.3 Å². The molecule has 1 amide bonds. The van der Waals surface area contributed by atoms with Gasteiger partial charge in [-0.1, -0.05) is 6.92 Å². The first kappa shape index (κ1) is 35.2. The molecule has 2 N–H and O–H groups in total. The van der Waals surface area contributed by atoms with Crippen LogP contribution in [0.5, 0.6) is 5.75 Å². The summed E-state index contributed by atoms with van der Waals surface area (Å²) in [5.41, 5.74) is -2.56. The number of alkyl halides is 3. The van der Waals surface area contributed by atoms with Crippen molar-refractivity contribution in [3.05, 3.63) is 59.7 Å². The number of nitrogens with one attached hydrogen (secondary N) is 1. The fourth-order valence-electron chi connectivity index (χ4n) is 10.7. The van der Waals surface area contributed by atoms with Gasteiger partial charge in [-0.15, -0.1) is 0 Å². The molecule has 6 unspecified atom stereocenters. The molecule has 286 valence electrons. The lowest BCUT2D eigenvalue weighted by molar-refractivity contribution is -0.146. The number of anilines is 3. The number of hydrogen-bond donors (Lipinski definition) is 2. The lowest BCUT2D eigenvalue weighted by Gasteiger charge is -2.38. The number of fused-ring (bicyclic) bond motifs is 6. The number of hydrogen-bond acceptors (Lipinski definition) is 10. The van der Waals surface area contributed by atoms with Crippen LogP contribution in [-0.4, -0.2) is 80.4 Å². The fourth-order valence-corrected chi connectivity index (χ4v) is 10.7. The summed E-state index contributed by atoms with van der Waals surface area (Å²) in [6, 6.07) is 7.54. The molecule has 2 aromatic heterocycles. The molecule has 3 saturated heterocycles. The molecular weight excluding hydrogens is 703 g/mol. The lowest BCUT2D eigenvalue weighted by atomic mass is 9.73. The van der Waals surface area contributed by atoms with E-state index in [0.29, 0.717) is 49.6 Å². The number of rotatable bonds is 7. The third kappa shape index (κ3) is 6.12. The van der Waals surface area contributed by atoms with Crippen LogP contribution in [0.25, 0.3) is 0 Å². The minimum Gasteiger partial charge on any atom is -0.490 e. The number of carboxylic acids is 1. The smallest absolute Gasteiger partial charge is 0.434 e. The number of carbonyl (C=O) groups excluding carboxylic acids is 1. The Labute approximate surface area is 310 Å². The first-order chi connectivity index (χ1) is 25.9. The molecule has 12 nitrogen and oxygen atoms in total. The summed E-state index contributed by atoms with van der Waals surface area (Å²) in [4.78, 5) is 47.4. The van der Waals surface area contributed by atoms with Crippen molar-refractivity contribution in [3.63, 3.8) is 0 Å². The summed E-state index contributed by atoms with van der Waals surface area (Å²) in [5, 5.41) is 12.9. The number of ether oxygens (including phenoxy) is 2. The number of nitrogens with zero attached hydrogens (tertiary/aromatic N) is 6. The van der Waals surface area contributed by atoms with Crippen LogP contribution >= 0.6 is 0 Å². The van der Waals surface area contributed by atoms with Crippen molar-refractivity contribution < 1.29 is 37.3 Å². The highest BCUT2D eigenvalue weighted by Gasteiger charge is 2.57. The van der Waals surface area contributed by atoms with Crippen LogP contribution in [0.1, 0.15) is 92.7 Å². The summed E-state index contributed by atoms with van der Waals surface area (Å²) in [7, 11) is 0. The van der Waals surface area contributed by atoms with E-state index >= 15 is 0 Å². The van der Waals surface area contributed by atoms with E-state index in [0.717, 1.165) is 57.0 Å². The molecule has 6 aliphatic rings. The standard InChI is InChI=1S/C39H44F3N7O5/c1-22-13-23-15-24(14-22)38(17-23,34(51)52)47-33(50)29-20-45-36(46-32(29)39(40,41)42)49-21-37(18-27-3-4-28(19-37)54-27)30-16-26(5-6-31(30)49)53-25-7-11-48(12-8-25)35-43-9-2-10-44-35/h2,5-6,9-10,16,20,22-25,27-28H,3-4,7-8,11-15,17-19,21H2,1H3,(H,47,50)(H,51,52). The molecule has 2 saturated carbocycles. The van der Waals surface area contributed by atoms with E-state index in [1.807, 2.05) is 25.1 Å². The molecule has 54 heavy (non-hydrogen) atoms. The van der Waals surface area contributed by atoms with Gasteiger partial charge in [-0.25, -0.2) is 24.7 Å². The van der Waals surface area contributed by atoms with Crippen LogP contribution < -0.4 is 19.9 Å². The van der Waals surface area contributed by atoms with Crippen LogP contribution in [-0.2, 0) is 21.1 Å². The average molecular weight is 748 g/mol. The predicted octanol–water partition coefficient (Wildman–Crippen LogP) is 6.07. The molecule has 6 atom stereocenters. The van der Waals surface area contributed by atoms with Crippen molar-refractivity contribution in [1.29, 1.82) is 0 Å². The van der Waals surface area contributed by atoms with Gasteiger partial charge in [-0.2, -0.15) is 13.2 Å². The molecule has 1 aromatic carbocycles. The maximum atomic E-state index is 14.8. The van der Waals surface area contributed by atoms with Gasteiger partial charge in [0.05, 0.1) is 17.8 Å². The van der Waals surface area contributed by atoms with E-state index < -0.39 is 40.3 Å². The van der Waals surface area contributed by atoms with Gasteiger partial charge in [0.15, 0.2) is 5.69 Å². The van der Waals surface area contributed by atoms with E-state index in [1.165, 1.54) is 0 Å². The highest BCUT2D eigenvalue weighted by molar-refractivity contribution is 5.99. The average Bonchev–Trinajstić information content (AvgIpc) is 3.75. The van der Waals surface area contributed by atoms with Gasteiger partial charge in [-0.3, -0.25) is 4.79 Å². The molecule has 4 bridgehead atoms. The second kappa shape index (κ2) is 13.1. The van der Waals surface area contributed by atoms with Gasteiger partial charge in [0.25, 0.3) is 5.91 Å². The number of halogens is 3. The number of carbonyl (C=O) groups is 2. The number of amides is 1. The first-order valence-corrected chi connectivity index (χ1v) is 19.2. The Hall–Kier alpha value is -4.53. The summed E-state index contributed by atoms with van der Waals surface area (Å²) < 4.78 is 57.2. The maximum absolute atomic E-state index is 14.8. The molecule has 0 radical (unpaired) electrons. The van der Waals surface area contributed by atoms with Crippen LogP contribution in [0.2, 0.25) is 0 Å². The topological polar surface area (TPSA) is 143 Å². The second-order valence-corrected chi connectivity index (χ2v) is 16.5. The van der Waals surface area contributed by atoms with Gasteiger partial charge in [-0.05, 0) is 98.9 Å². The summed E-state index contributed by atoms with van der Waals surface area (Å²) in [6.45, 7) is 3.90. The van der Waals surface area contributed by atoms with Crippen molar-refractivity contribution in [2.75, 3.05) is 29.4 Å². The Morgan fingerprint density at radius 3 is 2.43 bits per heavy atom. The molecule has 15 heteroatoms. The van der Waals surface area contributed by atoms with Gasteiger partial charge in [0.1, 0.15) is 17.4 Å². The number of aromatic nitrogens is 4. The minimum absolute atomic E-state index is 0.0221. The predicted molar refractivity (Wildman–Crippen MR) is 190 cm³/mol. The normalized spacial score (nSPS) is 31.8. The first-order valence-electron chi connectivity index (χ1n) is 19.2.